The third kappa shape index (κ3) is 5.18. The van der Waals surface area contributed by atoms with Gasteiger partial charge in [0.1, 0.15) is 11.1 Å². The number of fused-ring (bicyclic) bond motifs is 1. The maximum atomic E-state index is 12.7. The number of amides is 1. The number of thioether (sulfide) groups is 1. The SMILES string of the molecule is CCCc1cc(-c2nnc(SCC(=O)Nc3sc4c(c3C#N)CCC(CC)C4)n2CC)cs1. The lowest BCUT2D eigenvalue weighted by atomic mass is 9.86. The van der Waals surface area contributed by atoms with Gasteiger partial charge in [-0.3, -0.25) is 4.79 Å². The van der Waals surface area contributed by atoms with Crippen LogP contribution in [0.25, 0.3) is 11.4 Å². The number of aryl methyl sites for hydroxylation is 1. The predicted molar refractivity (Wildman–Crippen MR) is 137 cm³/mol. The van der Waals surface area contributed by atoms with Gasteiger partial charge in [0.25, 0.3) is 0 Å². The summed E-state index contributed by atoms with van der Waals surface area (Å²) < 4.78 is 2.06. The molecule has 4 rings (SSSR count). The van der Waals surface area contributed by atoms with Crippen LogP contribution in [0.3, 0.4) is 0 Å². The van der Waals surface area contributed by atoms with Gasteiger partial charge in [-0.05, 0) is 50.2 Å². The summed E-state index contributed by atoms with van der Waals surface area (Å²) in [5, 5.41) is 25.0. The molecule has 0 saturated heterocycles. The standard InChI is InChI=1S/C24H29N5OS3/c1-4-7-17-11-16(13-31-17)22-27-28-24(29(22)6-3)32-14-21(30)26-23-19(12-25)18-9-8-15(5-2)10-20(18)33-23/h11,13,15H,4-10,14H2,1-3H3,(H,26,30). The van der Waals surface area contributed by atoms with E-state index < -0.39 is 0 Å². The Morgan fingerprint density at radius 1 is 1.36 bits per heavy atom. The molecule has 1 aliphatic carbocycles. The zero-order valence-electron chi connectivity index (χ0n) is 19.3. The third-order valence-electron chi connectivity index (χ3n) is 6.08. The number of thiophene rings is 2. The lowest BCUT2D eigenvalue weighted by Gasteiger charge is -2.20. The van der Waals surface area contributed by atoms with Gasteiger partial charge in [0, 0.05) is 27.2 Å². The van der Waals surface area contributed by atoms with Crippen LogP contribution < -0.4 is 5.32 Å². The van der Waals surface area contributed by atoms with Gasteiger partial charge in [0.05, 0.1) is 11.3 Å². The molecule has 1 unspecified atom stereocenters. The molecule has 0 saturated carbocycles. The van der Waals surface area contributed by atoms with Crippen LogP contribution in [0.2, 0.25) is 0 Å². The molecule has 1 atom stereocenters. The van der Waals surface area contributed by atoms with E-state index in [2.05, 4.69) is 58.4 Å². The average molecular weight is 500 g/mol. The second-order valence-electron chi connectivity index (χ2n) is 8.28. The van der Waals surface area contributed by atoms with Crippen molar-refractivity contribution in [2.45, 2.75) is 71.0 Å². The van der Waals surface area contributed by atoms with Crippen LogP contribution in [0.5, 0.6) is 0 Å². The quantitative estimate of drug-likeness (QED) is 0.357. The lowest BCUT2D eigenvalue weighted by molar-refractivity contribution is -0.113. The Morgan fingerprint density at radius 2 is 2.21 bits per heavy atom. The number of nitrogens with one attached hydrogen (secondary N) is 1. The van der Waals surface area contributed by atoms with Crippen LogP contribution in [0.4, 0.5) is 5.00 Å². The molecule has 0 aliphatic heterocycles. The molecule has 3 aromatic heterocycles. The summed E-state index contributed by atoms with van der Waals surface area (Å²) in [4.78, 5) is 15.4. The van der Waals surface area contributed by atoms with Crippen LogP contribution in [-0.4, -0.2) is 26.4 Å². The summed E-state index contributed by atoms with van der Waals surface area (Å²) >= 11 is 4.72. The van der Waals surface area contributed by atoms with Gasteiger partial charge in [0.15, 0.2) is 11.0 Å². The van der Waals surface area contributed by atoms with Crippen molar-refractivity contribution in [2.75, 3.05) is 11.1 Å². The number of rotatable bonds is 9. The Hall–Kier alpha value is -2.15. The van der Waals surface area contributed by atoms with Crippen LogP contribution in [0.1, 0.15) is 60.9 Å². The normalized spacial score (nSPS) is 15.3. The fourth-order valence-electron chi connectivity index (χ4n) is 4.27. The summed E-state index contributed by atoms with van der Waals surface area (Å²) in [6.07, 6.45) is 6.42. The van der Waals surface area contributed by atoms with E-state index in [1.807, 2.05) is 0 Å². The number of nitriles is 1. The van der Waals surface area contributed by atoms with Gasteiger partial charge >= 0.3 is 0 Å². The molecular formula is C24H29N5OS3. The van der Waals surface area contributed by atoms with Crippen LogP contribution in [0.15, 0.2) is 16.6 Å². The van der Waals surface area contributed by atoms with E-state index in [4.69, 9.17) is 0 Å². The van der Waals surface area contributed by atoms with E-state index in [0.717, 1.165) is 67.2 Å². The number of carbonyl (C=O) groups excluding carboxylic acids is 1. The molecule has 0 aromatic carbocycles. The maximum Gasteiger partial charge on any atom is 0.235 e. The van der Waals surface area contributed by atoms with E-state index in [9.17, 15) is 10.1 Å². The van der Waals surface area contributed by atoms with Crippen molar-refractivity contribution >= 4 is 45.3 Å². The molecule has 33 heavy (non-hydrogen) atoms. The molecule has 3 aromatic rings. The van der Waals surface area contributed by atoms with Gasteiger partial charge in [-0.25, -0.2) is 0 Å². The number of aromatic nitrogens is 3. The largest absolute Gasteiger partial charge is 0.316 e. The average Bonchev–Trinajstić information content (AvgIpc) is 3.53. The van der Waals surface area contributed by atoms with Crippen molar-refractivity contribution < 1.29 is 4.79 Å². The van der Waals surface area contributed by atoms with E-state index in [1.165, 1.54) is 21.5 Å². The molecule has 9 heteroatoms. The highest BCUT2D eigenvalue weighted by atomic mass is 32.2. The second kappa shape index (κ2) is 10.9. The molecule has 3 heterocycles. The first-order chi connectivity index (χ1) is 16.1. The highest BCUT2D eigenvalue weighted by Gasteiger charge is 2.26. The first-order valence-electron chi connectivity index (χ1n) is 11.6. The Kier molecular flexibility index (Phi) is 7.89. The minimum atomic E-state index is -0.116. The van der Waals surface area contributed by atoms with Crippen LogP contribution >= 0.6 is 34.4 Å². The summed E-state index contributed by atoms with van der Waals surface area (Å²) in [7, 11) is 0. The fraction of sp³-hybridized carbons (Fsp3) is 0.500. The van der Waals surface area contributed by atoms with Crippen LogP contribution in [0, 0.1) is 17.2 Å². The topological polar surface area (TPSA) is 83.6 Å². The molecule has 174 valence electrons. The maximum absolute atomic E-state index is 12.7. The zero-order valence-corrected chi connectivity index (χ0v) is 21.8. The van der Waals surface area contributed by atoms with Gasteiger partial charge in [0.2, 0.25) is 5.91 Å². The second-order valence-corrected chi connectivity index (χ2v) is 11.3. The van der Waals surface area contributed by atoms with E-state index >= 15 is 0 Å². The minimum Gasteiger partial charge on any atom is -0.316 e. The monoisotopic (exact) mass is 499 g/mol. The third-order valence-corrected chi connectivity index (χ3v) is 9.22. The Balaban J connectivity index is 1.43. The molecule has 6 nitrogen and oxygen atoms in total. The van der Waals surface area contributed by atoms with Gasteiger partial charge in [-0.15, -0.1) is 32.9 Å². The molecule has 1 N–H and O–H groups in total. The smallest absolute Gasteiger partial charge is 0.235 e. The highest BCUT2D eigenvalue weighted by molar-refractivity contribution is 7.99. The minimum absolute atomic E-state index is 0.116. The van der Waals surface area contributed by atoms with Gasteiger partial charge in [-0.2, -0.15) is 5.26 Å². The number of carbonyl (C=O) groups is 1. The summed E-state index contributed by atoms with van der Waals surface area (Å²) in [5.41, 5.74) is 2.88. The van der Waals surface area contributed by atoms with E-state index in [-0.39, 0.29) is 11.7 Å². The summed E-state index contributed by atoms with van der Waals surface area (Å²) in [6, 6.07) is 4.52. The molecule has 0 spiro atoms. The molecule has 1 aliphatic rings. The first-order valence-corrected chi connectivity index (χ1v) is 14.2. The highest BCUT2D eigenvalue weighted by Crippen LogP contribution is 2.40. The molecule has 0 fully saturated rings. The first kappa shape index (κ1) is 24.0. The van der Waals surface area contributed by atoms with Crippen molar-refractivity contribution in [3.05, 3.63) is 32.3 Å². The Labute approximate surface area is 207 Å². The summed E-state index contributed by atoms with van der Waals surface area (Å²) in [6.45, 7) is 7.20. The van der Waals surface area contributed by atoms with Crippen LogP contribution in [-0.2, 0) is 30.6 Å². The van der Waals surface area contributed by atoms with Crippen molar-refractivity contribution in [1.82, 2.24) is 14.8 Å². The van der Waals surface area contributed by atoms with Crippen molar-refractivity contribution in [1.29, 1.82) is 5.26 Å². The van der Waals surface area contributed by atoms with Gasteiger partial charge < -0.3 is 9.88 Å². The Morgan fingerprint density at radius 3 is 2.94 bits per heavy atom. The number of nitrogens with zero attached hydrogens (tertiary/aromatic N) is 4. The van der Waals surface area contributed by atoms with Crippen molar-refractivity contribution in [3.8, 4) is 17.5 Å². The molecule has 1 amide bonds. The van der Waals surface area contributed by atoms with Crippen molar-refractivity contribution in [3.63, 3.8) is 0 Å². The van der Waals surface area contributed by atoms with Gasteiger partial charge in [-0.1, -0.05) is 38.5 Å². The van der Waals surface area contributed by atoms with E-state index in [1.54, 1.807) is 22.7 Å². The molecule has 0 bridgehead atoms. The molecule has 0 radical (unpaired) electrons. The fourth-order valence-corrected chi connectivity index (χ4v) is 7.37. The lowest BCUT2D eigenvalue weighted by Crippen LogP contribution is -2.15. The predicted octanol–water partition coefficient (Wildman–Crippen LogP) is 6.16. The Bertz CT molecular complexity index is 1170. The number of hydrogen-bond acceptors (Lipinski definition) is 7. The number of hydrogen-bond donors (Lipinski definition) is 1. The van der Waals surface area contributed by atoms with E-state index in [0.29, 0.717) is 16.5 Å². The summed E-state index contributed by atoms with van der Waals surface area (Å²) in [5.74, 6) is 1.64. The van der Waals surface area contributed by atoms with Crippen molar-refractivity contribution in [2.24, 2.45) is 5.92 Å². The molecular weight excluding hydrogens is 470 g/mol. The number of anilines is 1. The zero-order chi connectivity index (χ0) is 23.4.